The molecule has 0 spiro atoms. The van der Waals surface area contributed by atoms with E-state index in [-0.39, 0.29) is 35.2 Å². The molecular formula is C24H25NO6. The lowest BCUT2D eigenvalue weighted by Gasteiger charge is -2.18. The van der Waals surface area contributed by atoms with E-state index in [0.29, 0.717) is 29.3 Å². The van der Waals surface area contributed by atoms with Crippen molar-refractivity contribution in [1.29, 1.82) is 0 Å². The van der Waals surface area contributed by atoms with Crippen LogP contribution < -0.4 is 14.4 Å². The number of rotatable bonds is 7. The molecule has 1 heterocycles. The lowest BCUT2D eigenvalue weighted by Crippen LogP contribution is -2.24. The number of phenolic OH excluding ortho intramolecular Hbond substituents is 1. The lowest BCUT2D eigenvalue weighted by atomic mass is 10.0. The highest BCUT2D eigenvalue weighted by Gasteiger charge is 2.38. The number of methoxy groups -OCH3 is 1. The average molecular weight is 423 g/mol. The van der Waals surface area contributed by atoms with E-state index in [4.69, 9.17) is 14.2 Å². The summed E-state index contributed by atoms with van der Waals surface area (Å²) in [6.07, 6.45) is 1.59. The van der Waals surface area contributed by atoms with Gasteiger partial charge in [0.15, 0.2) is 11.5 Å². The van der Waals surface area contributed by atoms with Gasteiger partial charge in [-0.2, -0.15) is 0 Å². The molecule has 0 saturated carbocycles. The topological polar surface area (TPSA) is 85.3 Å². The van der Waals surface area contributed by atoms with Gasteiger partial charge in [-0.25, -0.2) is 4.79 Å². The first kappa shape index (κ1) is 22.0. The second-order valence-electron chi connectivity index (χ2n) is 6.74. The number of hydrogen-bond acceptors (Lipinski definition) is 6. The predicted molar refractivity (Wildman–Crippen MR) is 117 cm³/mol. The van der Waals surface area contributed by atoms with E-state index in [9.17, 15) is 14.7 Å². The Hall–Kier alpha value is -3.74. The van der Waals surface area contributed by atoms with Crippen LogP contribution in [0.5, 0.6) is 17.2 Å². The van der Waals surface area contributed by atoms with E-state index in [1.807, 2.05) is 6.92 Å². The molecule has 7 heteroatoms. The van der Waals surface area contributed by atoms with Crippen molar-refractivity contribution in [2.24, 2.45) is 0 Å². The van der Waals surface area contributed by atoms with Crippen LogP contribution in [-0.4, -0.2) is 37.3 Å². The number of nitrogens with zero attached hydrogens (tertiary/aromatic N) is 1. The Kier molecular flexibility index (Phi) is 6.65. The Bertz CT molecular complexity index is 1050. The minimum atomic E-state index is -0.571. The molecule has 2 aromatic carbocycles. The fourth-order valence-electron chi connectivity index (χ4n) is 3.40. The lowest BCUT2D eigenvalue weighted by molar-refractivity contribution is -0.138. The molecule has 1 aliphatic rings. The highest BCUT2D eigenvalue weighted by molar-refractivity contribution is 6.23. The van der Waals surface area contributed by atoms with E-state index in [0.717, 1.165) is 0 Å². The molecule has 0 radical (unpaired) electrons. The summed E-state index contributed by atoms with van der Waals surface area (Å²) < 4.78 is 15.8. The van der Waals surface area contributed by atoms with Gasteiger partial charge in [0.25, 0.3) is 5.91 Å². The number of ether oxygens (including phenoxy) is 3. The van der Waals surface area contributed by atoms with Crippen LogP contribution in [0.3, 0.4) is 0 Å². The highest BCUT2D eigenvalue weighted by atomic mass is 16.5. The van der Waals surface area contributed by atoms with Gasteiger partial charge in [0.2, 0.25) is 0 Å². The zero-order valence-electron chi connectivity index (χ0n) is 18.0. The summed E-state index contributed by atoms with van der Waals surface area (Å²) in [5, 5.41) is 9.84. The van der Waals surface area contributed by atoms with Gasteiger partial charge in [-0.1, -0.05) is 6.07 Å². The Morgan fingerprint density at radius 3 is 2.42 bits per heavy atom. The van der Waals surface area contributed by atoms with Gasteiger partial charge in [-0.3, -0.25) is 9.69 Å². The molecule has 0 aromatic heterocycles. The van der Waals surface area contributed by atoms with Gasteiger partial charge >= 0.3 is 5.97 Å². The Balaban J connectivity index is 2.08. The van der Waals surface area contributed by atoms with Crippen molar-refractivity contribution in [1.82, 2.24) is 0 Å². The number of phenols is 1. The normalized spacial score (nSPS) is 14.9. The molecule has 1 aliphatic heterocycles. The molecule has 31 heavy (non-hydrogen) atoms. The third-order valence-corrected chi connectivity index (χ3v) is 4.80. The first-order chi connectivity index (χ1) is 14.9. The number of anilines is 1. The molecule has 0 fully saturated rings. The molecule has 0 aliphatic carbocycles. The number of allylic oxidation sites excluding steroid dienone is 1. The van der Waals surface area contributed by atoms with Crippen LogP contribution in [-0.2, 0) is 14.3 Å². The molecular weight excluding hydrogens is 398 g/mol. The smallest absolute Gasteiger partial charge is 0.340 e. The third-order valence-electron chi connectivity index (χ3n) is 4.80. The van der Waals surface area contributed by atoms with Gasteiger partial charge < -0.3 is 19.3 Å². The van der Waals surface area contributed by atoms with Gasteiger partial charge in [0.1, 0.15) is 5.75 Å². The molecule has 0 bridgehead atoms. The first-order valence-corrected chi connectivity index (χ1v) is 9.95. The summed E-state index contributed by atoms with van der Waals surface area (Å²) >= 11 is 0. The standard InChI is InChI=1S/C24H25NO6/c1-5-30-18-10-8-17(9-11-18)25-15(3)22(24(28)31-6-2)19(23(25)27)13-16-7-12-20(26)21(14-16)29-4/h7-14,26H,5-6H2,1-4H3/b19-13-. The number of carbonyl (C=O) groups excluding carboxylic acids is 2. The molecule has 0 unspecified atom stereocenters. The van der Waals surface area contributed by atoms with Crippen molar-refractivity contribution < 1.29 is 28.9 Å². The number of hydrogen-bond donors (Lipinski definition) is 1. The van der Waals surface area contributed by atoms with Crippen LogP contribution in [0.25, 0.3) is 6.08 Å². The highest BCUT2D eigenvalue weighted by Crippen LogP contribution is 2.37. The van der Waals surface area contributed by atoms with Gasteiger partial charge in [0.05, 0.1) is 31.5 Å². The fourth-order valence-corrected chi connectivity index (χ4v) is 3.40. The number of benzene rings is 2. The minimum Gasteiger partial charge on any atom is -0.504 e. The zero-order valence-corrected chi connectivity index (χ0v) is 18.0. The summed E-state index contributed by atoms with van der Waals surface area (Å²) in [4.78, 5) is 27.6. The average Bonchev–Trinajstić information content (AvgIpc) is 3.00. The van der Waals surface area contributed by atoms with Crippen molar-refractivity contribution in [3.05, 3.63) is 64.9 Å². The molecule has 162 valence electrons. The van der Waals surface area contributed by atoms with Crippen LogP contribution in [0, 0.1) is 0 Å². The second-order valence-corrected chi connectivity index (χ2v) is 6.74. The maximum absolute atomic E-state index is 13.4. The second kappa shape index (κ2) is 9.38. The minimum absolute atomic E-state index is 0.0178. The van der Waals surface area contributed by atoms with Gasteiger partial charge in [-0.05, 0) is 68.8 Å². The van der Waals surface area contributed by atoms with Crippen LogP contribution >= 0.6 is 0 Å². The molecule has 1 N–H and O–H groups in total. The summed E-state index contributed by atoms with van der Waals surface area (Å²) in [7, 11) is 1.44. The number of esters is 1. The molecule has 2 aromatic rings. The van der Waals surface area contributed by atoms with E-state index in [1.165, 1.54) is 18.1 Å². The Morgan fingerprint density at radius 2 is 1.81 bits per heavy atom. The summed E-state index contributed by atoms with van der Waals surface area (Å²) in [6.45, 7) is 6.04. The number of aromatic hydroxyl groups is 1. The monoisotopic (exact) mass is 423 g/mol. The van der Waals surface area contributed by atoms with Crippen LogP contribution in [0.4, 0.5) is 5.69 Å². The van der Waals surface area contributed by atoms with Gasteiger partial charge in [-0.15, -0.1) is 0 Å². The maximum Gasteiger partial charge on any atom is 0.340 e. The zero-order chi connectivity index (χ0) is 22.5. The molecule has 7 nitrogen and oxygen atoms in total. The van der Waals surface area contributed by atoms with Crippen LogP contribution in [0.2, 0.25) is 0 Å². The fraction of sp³-hybridized carbons (Fsp3) is 0.250. The molecule has 0 saturated heterocycles. The van der Waals surface area contributed by atoms with Crippen molar-refractivity contribution >= 4 is 23.6 Å². The molecule has 3 rings (SSSR count). The number of amides is 1. The predicted octanol–water partition coefficient (Wildman–Crippen LogP) is 4.07. The molecule has 0 atom stereocenters. The van der Waals surface area contributed by atoms with E-state index < -0.39 is 5.97 Å². The summed E-state index contributed by atoms with van der Waals surface area (Å²) in [6, 6.07) is 11.8. The van der Waals surface area contributed by atoms with Crippen LogP contribution in [0.15, 0.2) is 59.3 Å². The van der Waals surface area contributed by atoms with Gasteiger partial charge in [0, 0.05) is 11.4 Å². The van der Waals surface area contributed by atoms with E-state index >= 15 is 0 Å². The summed E-state index contributed by atoms with van der Waals surface area (Å²) in [5.41, 5.74) is 2.09. The van der Waals surface area contributed by atoms with Crippen molar-refractivity contribution in [2.45, 2.75) is 20.8 Å². The largest absolute Gasteiger partial charge is 0.504 e. The first-order valence-electron chi connectivity index (χ1n) is 9.95. The van der Waals surface area contributed by atoms with E-state index in [1.54, 1.807) is 56.3 Å². The number of carbonyl (C=O) groups is 2. The molecule has 1 amide bonds. The Morgan fingerprint density at radius 1 is 1.10 bits per heavy atom. The van der Waals surface area contributed by atoms with Crippen LogP contribution in [0.1, 0.15) is 26.3 Å². The van der Waals surface area contributed by atoms with Crippen molar-refractivity contribution in [2.75, 3.05) is 25.2 Å². The Labute approximate surface area is 181 Å². The summed E-state index contributed by atoms with van der Waals surface area (Å²) in [5.74, 6) is 0.0185. The van der Waals surface area contributed by atoms with E-state index in [2.05, 4.69) is 0 Å². The SMILES string of the molecule is CCOC(=O)C1=C(C)N(c2ccc(OCC)cc2)C(=O)/C1=C\c1ccc(O)c(OC)c1. The van der Waals surface area contributed by atoms with Crippen molar-refractivity contribution in [3.8, 4) is 17.2 Å². The quantitative estimate of drug-likeness (QED) is 0.534. The maximum atomic E-state index is 13.4. The third kappa shape index (κ3) is 4.40. The van der Waals surface area contributed by atoms with Crippen molar-refractivity contribution in [3.63, 3.8) is 0 Å².